The standard InChI is InChI=1S/C13H10BrN3O2/c1-2-19-13(18)10-7-16-17(8-10)12-4-9(6-15)3-11(14)5-12/h3-5,7-8H,2H2,1H3. The maximum Gasteiger partial charge on any atom is 0.341 e. The highest BCUT2D eigenvalue weighted by Crippen LogP contribution is 2.18. The van der Waals surface area contributed by atoms with E-state index in [4.69, 9.17) is 10.00 Å². The largest absolute Gasteiger partial charge is 0.462 e. The molecule has 19 heavy (non-hydrogen) atoms. The van der Waals surface area contributed by atoms with E-state index in [1.165, 1.54) is 10.9 Å². The van der Waals surface area contributed by atoms with Gasteiger partial charge in [0.1, 0.15) is 0 Å². The van der Waals surface area contributed by atoms with Gasteiger partial charge in [0.15, 0.2) is 0 Å². The van der Waals surface area contributed by atoms with Crippen molar-refractivity contribution in [1.82, 2.24) is 9.78 Å². The molecule has 2 rings (SSSR count). The molecule has 1 heterocycles. The first-order chi connectivity index (χ1) is 9.13. The van der Waals surface area contributed by atoms with Gasteiger partial charge in [-0.15, -0.1) is 0 Å². The number of nitrogens with zero attached hydrogens (tertiary/aromatic N) is 3. The molecule has 0 unspecified atom stereocenters. The Bertz CT molecular complexity index is 658. The molecule has 0 amide bonds. The van der Waals surface area contributed by atoms with E-state index in [1.54, 1.807) is 25.3 Å². The van der Waals surface area contributed by atoms with Crippen LogP contribution in [-0.2, 0) is 4.74 Å². The molecule has 2 aromatic rings. The maximum atomic E-state index is 11.5. The molecule has 6 heteroatoms. The summed E-state index contributed by atoms with van der Waals surface area (Å²) in [5.41, 5.74) is 1.58. The number of nitriles is 1. The number of rotatable bonds is 3. The lowest BCUT2D eigenvalue weighted by molar-refractivity contribution is 0.0526. The molecular weight excluding hydrogens is 310 g/mol. The van der Waals surface area contributed by atoms with Crippen LogP contribution < -0.4 is 0 Å². The summed E-state index contributed by atoms with van der Waals surface area (Å²) in [7, 11) is 0. The highest BCUT2D eigenvalue weighted by Gasteiger charge is 2.10. The number of hydrogen-bond donors (Lipinski definition) is 0. The number of carbonyl (C=O) groups is 1. The average Bonchev–Trinajstić information content (AvgIpc) is 2.88. The predicted molar refractivity (Wildman–Crippen MR) is 71.9 cm³/mol. The summed E-state index contributed by atoms with van der Waals surface area (Å²) < 4.78 is 7.19. The molecule has 0 spiro atoms. The van der Waals surface area contributed by atoms with Gasteiger partial charge in [0.05, 0.1) is 35.7 Å². The first-order valence-corrected chi connectivity index (χ1v) is 6.36. The summed E-state index contributed by atoms with van der Waals surface area (Å²) >= 11 is 3.33. The number of aromatic nitrogens is 2. The minimum absolute atomic E-state index is 0.319. The summed E-state index contributed by atoms with van der Waals surface area (Å²) in [5, 5.41) is 13.0. The quantitative estimate of drug-likeness (QED) is 0.816. The normalized spacial score (nSPS) is 9.95. The highest BCUT2D eigenvalue weighted by atomic mass is 79.9. The van der Waals surface area contributed by atoms with Gasteiger partial charge >= 0.3 is 5.97 Å². The van der Waals surface area contributed by atoms with Crippen molar-refractivity contribution in [2.75, 3.05) is 6.61 Å². The van der Waals surface area contributed by atoms with E-state index in [9.17, 15) is 4.79 Å². The zero-order chi connectivity index (χ0) is 13.8. The highest BCUT2D eigenvalue weighted by molar-refractivity contribution is 9.10. The van der Waals surface area contributed by atoms with Crippen LogP contribution in [0.25, 0.3) is 5.69 Å². The molecule has 96 valence electrons. The molecule has 0 aliphatic carbocycles. The number of benzene rings is 1. The van der Waals surface area contributed by atoms with Gasteiger partial charge in [-0.1, -0.05) is 15.9 Å². The second kappa shape index (κ2) is 5.67. The van der Waals surface area contributed by atoms with Crippen LogP contribution in [0, 0.1) is 11.3 Å². The van der Waals surface area contributed by atoms with E-state index in [0.29, 0.717) is 23.4 Å². The Balaban J connectivity index is 2.35. The molecule has 5 nitrogen and oxygen atoms in total. The Morgan fingerprint density at radius 2 is 2.32 bits per heavy atom. The van der Waals surface area contributed by atoms with Crippen LogP contribution in [0.5, 0.6) is 0 Å². The van der Waals surface area contributed by atoms with E-state index in [-0.39, 0.29) is 0 Å². The van der Waals surface area contributed by atoms with Gasteiger partial charge in [0.2, 0.25) is 0 Å². The molecule has 0 radical (unpaired) electrons. The smallest absolute Gasteiger partial charge is 0.341 e. The van der Waals surface area contributed by atoms with Crippen LogP contribution in [-0.4, -0.2) is 22.4 Å². The van der Waals surface area contributed by atoms with Gasteiger partial charge in [0, 0.05) is 10.7 Å². The molecule has 0 N–H and O–H groups in total. The molecule has 1 aromatic carbocycles. The lowest BCUT2D eigenvalue weighted by Crippen LogP contribution is -2.03. The minimum atomic E-state index is -0.413. The number of esters is 1. The summed E-state index contributed by atoms with van der Waals surface area (Å²) in [4.78, 5) is 11.5. The van der Waals surface area contributed by atoms with Crippen LogP contribution in [0.2, 0.25) is 0 Å². The third kappa shape index (κ3) is 3.01. The van der Waals surface area contributed by atoms with Gasteiger partial charge in [0.25, 0.3) is 0 Å². The van der Waals surface area contributed by atoms with Crippen LogP contribution in [0.4, 0.5) is 0 Å². The maximum absolute atomic E-state index is 11.5. The van der Waals surface area contributed by atoms with Gasteiger partial charge in [-0.2, -0.15) is 10.4 Å². The first-order valence-electron chi connectivity index (χ1n) is 5.57. The topological polar surface area (TPSA) is 67.9 Å². The van der Waals surface area contributed by atoms with Crippen molar-refractivity contribution in [3.63, 3.8) is 0 Å². The van der Waals surface area contributed by atoms with E-state index in [0.717, 1.165) is 4.47 Å². The van der Waals surface area contributed by atoms with Crippen LogP contribution >= 0.6 is 15.9 Å². The molecule has 0 aliphatic heterocycles. The van der Waals surface area contributed by atoms with Crippen LogP contribution in [0.1, 0.15) is 22.8 Å². The van der Waals surface area contributed by atoms with Crippen molar-refractivity contribution < 1.29 is 9.53 Å². The Labute approximate surface area is 118 Å². The molecule has 0 fully saturated rings. The van der Waals surface area contributed by atoms with Crippen molar-refractivity contribution in [3.05, 3.63) is 46.2 Å². The van der Waals surface area contributed by atoms with E-state index >= 15 is 0 Å². The second-order valence-electron chi connectivity index (χ2n) is 3.70. The average molecular weight is 320 g/mol. The number of halogens is 1. The van der Waals surface area contributed by atoms with Gasteiger partial charge in [-0.3, -0.25) is 0 Å². The third-order valence-electron chi connectivity index (χ3n) is 2.37. The fourth-order valence-electron chi connectivity index (χ4n) is 1.55. The number of ether oxygens (including phenoxy) is 1. The lowest BCUT2D eigenvalue weighted by atomic mass is 10.2. The number of carbonyl (C=O) groups excluding carboxylic acids is 1. The summed E-state index contributed by atoms with van der Waals surface area (Å²) in [6, 6.07) is 7.27. The zero-order valence-corrected chi connectivity index (χ0v) is 11.7. The Morgan fingerprint density at radius 3 is 3.00 bits per heavy atom. The molecule has 0 aliphatic rings. The fourth-order valence-corrected chi connectivity index (χ4v) is 2.04. The van der Waals surface area contributed by atoms with Crippen molar-refractivity contribution in [1.29, 1.82) is 5.26 Å². The Kier molecular flexibility index (Phi) is 3.97. The van der Waals surface area contributed by atoms with Crippen molar-refractivity contribution in [2.24, 2.45) is 0 Å². The zero-order valence-electron chi connectivity index (χ0n) is 10.1. The first kappa shape index (κ1) is 13.3. The van der Waals surface area contributed by atoms with Crippen LogP contribution in [0.15, 0.2) is 35.1 Å². The molecule has 0 bridgehead atoms. The SMILES string of the molecule is CCOC(=O)c1cnn(-c2cc(Br)cc(C#N)c2)c1. The van der Waals surface area contributed by atoms with Crippen molar-refractivity contribution >= 4 is 21.9 Å². The van der Waals surface area contributed by atoms with Crippen molar-refractivity contribution in [3.8, 4) is 11.8 Å². The third-order valence-corrected chi connectivity index (χ3v) is 2.83. The molecule has 1 aromatic heterocycles. The monoisotopic (exact) mass is 319 g/mol. The molecule has 0 atom stereocenters. The van der Waals surface area contributed by atoms with E-state index < -0.39 is 5.97 Å². The summed E-state index contributed by atoms with van der Waals surface area (Å²) in [6.07, 6.45) is 3.01. The second-order valence-corrected chi connectivity index (χ2v) is 4.62. The van der Waals surface area contributed by atoms with Gasteiger partial charge < -0.3 is 4.74 Å². The van der Waals surface area contributed by atoms with Gasteiger partial charge in [-0.25, -0.2) is 9.48 Å². The van der Waals surface area contributed by atoms with Gasteiger partial charge in [-0.05, 0) is 25.1 Å². The Morgan fingerprint density at radius 1 is 1.53 bits per heavy atom. The lowest BCUT2D eigenvalue weighted by Gasteiger charge is -2.02. The molecule has 0 saturated heterocycles. The van der Waals surface area contributed by atoms with Crippen LogP contribution in [0.3, 0.4) is 0 Å². The fraction of sp³-hybridized carbons (Fsp3) is 0.154. The Hall–Kier alpha value is -2.13. The molecule has 0 saturated carbocycles. The summed E-state index contributed by atoms with van der Waals surface area (Å²) in [5.74, 6) is -0.413. The molecular formula is C13H10BrN3O2. The van der Waals surface area contributed by atoms with Crippen molar-refractivity contribution in [2.45, 2.75) is 6.92 Å². The summed E-state index contributed by atoms with van der Waals surface area (Å²) in [6.45, 7) is 2.06. The van der Waals surface area contributed by atoms with E-state index in [2.05, 4.69) is 27.1 Å². The van der Waals surface area contributed by atoms with E-state index in [1.807, 2.05) is 6.07 Å². The minimum Gasteiger partial charge on any atom is -0.462 e. The number of hydrogen-bond acceptors (Lipinski definition) is 4. The predicted octanol–water partition coefficient (Wildman–Crippen LogP) is 2.68.